The molecule has 0 amide bonds. The first-order valence-corrected chi connectivity index (χ1v) is 7.78. The summed E-state index contributed by atoms with van der Waals surface area (Å²) in [7, 11) is 0. The van der Waals surface area contributed by atoms with Crippen molar-refractivity contribution in [3.63, 3.8) is 0 Å². The Hall–Kier alpha value is -1.66. The standard InChI is InChI=1S/C16H24N2O4/c1-12(2)17(13-5-3-6-13)10-15(19)11-22-16-8-4-7-14(9-16)18(20)21/h4,7-9,12-13,15,19H,3,5-6,10-11H2,1-2H3. The number of rotatable bonds is 8. The van der Waals surface area contributed by atoms with E-state index in [9.17, 15) is 15.2 Å². The van der Waals surface area contributed by atoms with Crippen LogP contribution in [0.15, 0.2) is 24.3 Å². The maximum absolute atomic E-state index is 10.7. The Bertz CT molecular complexity index is 503. The lowest BCUT2D eigenvalue weighted by Gasteiger charge is -2.41. The summed E-state index contributed by atoms with van der Waals surface area (Å²) < 4.78 is 5.49. The number of non-ortho nitro benzene ring substituents is 1. The summed E-state index contributed by atoms with van der Waals surface area (Å²) >= 11 is 0. The minimum absolute atomic E-state index is 0.00901. The molecule has 0 heterocycles. The zero-order valence-electron chi connectivity index (χ0n) is 13.1. The monoisotopic (exact) mass is 308 g/mol. The first kappa shape index (κ1) is 16.7. The highest BCUT2D eigenvalue weighted by molar-refractivity contribution is 5.37. The molecular formula is C16H24N2O4. The lowest BCUT2D eigenvalue weighted by atomic mass is 9.90. The van der Waals surface area contributed by atoms with Crippen molar-refractivity contribution in [2.24, 2.45) is 0 Å². The van der Waals surface area contributed by atoms with Crippen LogP contribution >= 0.6 is 0 Å². The van der Waals surface area contributed by atoms with Crippen molar-refractivity contribution >= 4 is 5.69 Å². The van der Waals surface area contributed by atoms with Crippen LogP contribution in [0.3, 0.4) is 0 Å². The lowest BCUT2D eigenvalue weighted by Crippen LogP contribution is -2.48. The summed E-state index contributed by atoms with van der Waals surface area (Å²) in [5, 5.41) is 20.9. The van der Waals surface area contributed by atoms with Gasteiger partial charge in [0.15, 0.2) is 0 Å². The number of nitro groups is 1. The molecule has 1 atom stereocenters. The molecule has 1 unspecified atom stereocenters. The van der Waals surface area contributed by atoms with Gasteiger partial charge in [0.25, 0.3) is 5.69 Å². The molecule has 0 aromatic heterocycles. The van der Waals surface area contributed by atoms with E-state index in [1.54, 1.807) is 12.1 Å². The van der Waals surface area contributed by atoms with Gasteiger partial charge in [-0.05, 0) is 32.8 Å². The van der Waals surface area contributed by atoms with Crippen LogP contribution in [0.4, 0.5) is 5.69 Å². The van der Waals surface area contributed by atoms with Gasteiger partial charge in [0, 0.05) is 24.7 Å². The molecule has 0 spiro atoms. The van der Waals surface area contributed by atoms with Crippen molar-refractivity contribution in [3.05, 3.63) is 34.4 Å². The number of ether oxygens (including phenoxy) is 1. The van der Waals surface area contributed by atoms with Crippen LogP contribution in [-0.2, 0) is 0 Å². The molecular weight excluding hydrogens is 284 g/mol. The third-order valence-electron chi connectivity index (χ3n) is 4.10. The van der Waals surface area contributed by atoms with Gasteiger partial charge in [0.2, 0.25) is 0 Å². The summed E-state index contributed by atoms with van der Waals surface area (Å²) in [4.78, 5) is 12.6. The van der Waals surface area contributed by atoms with Gasteiger partial charge in [-0.1, -0.05) is 12.5 Å². The van der Waals surface area contributed by atoms with E-state index in [-0.39, 0.29) is 12.3 Å². The Morgan fingerprint density at radius 1 is 1.45 bits per heavy atom. The Morgan fingerprint density at radius 2 is 2.18 bits per heavy atom. The number of aliphatic hydroxyl groups is 1. The topological polar surface area (TPSA) is 75.8 Å². The Balaban J connectivity index is 1.85. The maximum Gasteiger partial charge on any atom is 0.273 e. The van der Waals surface area contributed by atoms with Crippen LogP contribution in [0.1, 0.15) is 33.1 Å². The van der Waals surface area contributed by atoms with Crippen LogP contribution in [0, 0.1) is 10.1 Å². The molecule has 1 aromatic rings. The van der Waals surface area contributed by atoms with Gasteiger partial charge in [-0.15, -0.1) is 0 Å². The fourth-order valence-electron chi connectivity index (χ4n) is 2.68. The van der Waals surface area contributed by atoms with Crippen LogP contribution < -0.4 is 4.74 Å². The van der Waals surface area contributed by atoms with Gasteiger partial charge >= 0.3 is 0 Å². The molecule has 1 aliphatic rings. The zero-order chi connectivity index (χ0) is 16.1. The quantitative estimate of drug-likeness (QED) is 0.590. The molecule has 0 radical (unpaired) electrons. The molecule has 1 aliphatic carbocycles. The van der Waals surface area contributed by atoms with E-state index in [4.69, 9.17) is 4.74 Å². The number of hydrogen-bond acceptors (Lipinski definition) is 5. The second kappa shape index (κ2) is 7.56. The molecule has 0 saturated heterocycles. The summed E-state index contributed by atoms with van der Waals surface area (Å²) in [5.41, 5.74) is -0.00901. The number of nitrogens with zero attached hydrogens (tertiary/aromatic N) is 2. The SMILES string of the molecule is CC(C)N(CC(O)COc1cccc([N+](=O)[O-])c1)C1CCC1. The predicted octanol–water partition coefficient (Wildman–Crippen LogP) is 2.60. The summed E-state index contributed by atoms with van der Waals surface area (Å²) in [6.07, 6.45) is 3.03. The first-order chi connectivity index (χ1) is 10.5. The molecule has 1 saturated carbocycles. The van der Waals surface area contributed by atoms with Gasteiger partial charge < -0.3 is 9.84 Å². The Morgan fingerprint density at radius 3 is 2.73 bits per heavy atom. The highest BCUT2D eigenvalue weighted by Crippen LogP contribution is 2.26. The lowest BCUT2D eigenvalue weighted by molar-refractivity contribution is -0.384. The molecule has 1 fully saturated rings. The van der Waals surface area contributed by atoms with Gasteiger partial charge in [-0.2, -0.15) is 0 Å². The van der Waals surface area contributed by atoms with Crippen LogP contribution in [-0.4, -0.2) is 46.3 Å². The van der Waals surface area contributed by atoms with Crippen molar-refractivity contribution in [1.29, 1.82) is 0 Å². The van der Waals surface area contributed by atoms with Gasteiger partial charge in [0.05, 0.1) is 11.0 Å². The fourth-order valence-corrected chi connectivity index (χ4v) is 2.68. The number of aliphatic hydroxyl groups excluding tert-OH is 1. The van der Waals surface area contributed by atoms with Gasteiger partial charge in [-0.25, -0.2) is 0 Å². The average Bonchev–Trinajstić information content (AvgIpc) is 2.42. The van der Waals surface area contributed by atoms with Crippen molar-refractivity contribution in [3.8, 4) is 5.75 Å². The molecule has 2 rings (SSSR count). The van der Waals surface area contributed by atoms with E-state index in [0.29, 0.717) is 24.4 Å². The summed E-state index contributed by atoms with van der Waals surface area (Å²) in [6.45, 7) is 4.97. The smallest absolute Gasteiger partial charge is 0.273 e. The predicted molar refractivity (Wildman–Crippen MR) is 84.1 cm³/mol. The van der Waals surface area contributed by atoms with Crippen molar-refractivity contribution in [2.45, 2.75) is 51.3 Å². The molecule has 6 heteroatoms. The van der Waals surface area contributed by atoms with Crippen molar-refractivity contribution < 1.29 is 14.8 Å². The van der Waals surface area contributed by atoms with E-state index >= 15 is 0 Å². The normalized spacial score (nSPS) is 16.6. The largest absolute Gasteiger partial charge is 0.491 e. The zero-order valence-corrected chi connectivity index (χ0v) is 13.1. The molecule has 1 N–H and O–H groups in total. The van der Waals surface area contributed by atoms with Crippen molar-refractivity contribution in [2.75, 3.05) is 13.2 Å². The second-order valence-electron chi connectivity index (χ2n) is 6.09. The Labute approximate surface area is 130 Å². The molecule has 6 nitrogen and oxygen atoms in total. The van der Waals surface area contributed by atoms with Gasteiger partial charge in [0.1, 0.15) is 18.5 Å². The Kier molecular flexibility index (Phi) is 5.74. The fraction of sp³-hybridized carbons (Fsp3) is 0.625. The van der Waals surface area contributed by atoms with E-state index in [1.165, 1.54) is 31.4 Å². The van der Waals surface area contributed by atoms with E-state index in [0.717, 1.165) is 0 Å². The minimum Gasteiger partial charge on any atom is -0.491 e. The highest BCUT2D eigenvalue weighted by atomic mass is 16.6. The minimum atomic E-state index is -0.609. The average molecular weight is 308 g/mol. The van der Waals surface area contributed by atoms with Crippen LogP contribution in [0.25, 0.3) is 0 Å². The van der Waals surface area contributed by atoms with Gasteiger partial charge in [-0.3, -0.25) is 15.0 Å². The van der Waals surface area contributed by atoms with E-state index < -0.39 is 11.0 Å². The molecule has 22 heavy (non-hydrogen) atoms. The molecule has 122 valence electrons. The highest BCUT2D eigenvalue weighted by Gasteiger charge is 2.28. The summed E-state index contributed by atoms with van der Waals surface area (Å²) in [6, 6.07) is 6.98. The number of benzene rings is 1. The maximum atomic E-state index is 10.7. The first-order valence-electron chi connectivity index (χ1n) is 7.78. The molecule has 0 aliphatic heterocycles. The second-order valence-corrected chi connectivity index (χ2v) is 6.09. The number of nitro benzene ring substituents is 1. The third kappa shape index (κ3) is 4.42. The summed E-state index contributed by atoms with van der Waals surface area (Å²) in [5.74, 6) is 0.410. The number of hydrogen-bond donors (Lipinski definition) is 1. The third-order valence-corrected chi connectivity index (χ3v) is 4.10. The van der Waals surface area contributed by atoms with E-state index in [1.807, 2.05) is 0 Å². The molecule has 0 bridgehead atoms. The van der Waals surface area contributed by atoms with Crippen molar-refractivity contribution in [1.82, 2.24) is 4.90 Å². The van der Waals surface area contributed by atoms with E-state index in [2.05, 4.69) is 18.7 Å². The van der Waals surface area contributed by atoms with Crippen LogP contribution in [0.5, 0.6) is 5.75 Å². The van der Waals surface area contributed by atoms with Crippen LogP contribution in [0.2, 0.25) is 0 Å². The molecule has 1 aromatic carbocycles.